The molecule has 1 aromatic carbocycles. The zero-order valence-electron chi connectivity index (χ0n) is 8.54. The van der Waals surface area contributed by atoms with E-state index < -0.39 is 0 Å². The average molecular weight is 268 g/mol. The predicted molar refractivity (Wildman–Crippen MR) is 67.9 cm³/mol. The molecule has 0 saturated heterocycles. The van der Waals surface area contributed by atoms with E-state index in [0.29, 0.717) is 21.9 Å². The SMILES string of the molecule is O=Cc1cc[nH]c(=O)c1-c1ccc(Cl)cc1Cl. The normalized spacial score (nSPS) is 10.2. The van der Waals surface area contributed by atoms with E-state index in [4.69, 9.17) is 23.2 Å². The molecule has 0 aliphatic rings. The number of hydrogen-bond acceptors (Lipinski definition) is 2. The zero-order chi connectivity index (χ0) is 12.4. The van der Waals surface area contributed by atoms with Gasteiger partial charge in [0.15, 0.2) is 6.29 Å². The monoisotopic (exact) mass is 267 g/mol. The molecule has 0 atom stereocenters. The lowest BCUT2D eigenvalue weighted by Gasteiger charge is -2.06. The van der Waals surface area contributed by atoms with Crippen LogP contribution in [-0.4, -0.2) is 11.3 Å². The van der Waals surface area contributed by atoms with E-state index in [1.807, 2.05) is 0 Å². The van der Waals surface area contributed by atoms with Gasteiger partial charge in [0.1, 0.15) is 0 Å². The van der Waals surface area contributed by atoms with Gasteiger partial charge in [0, 0.05) is 22.3 Å². The van der Waals surface area contributed by atoms with Gasteiger partial charge in [0.25, 0.3) is 5.56 Å². The standard InChI is InChI=1S/C12H7Cl2NO2/c13-8-1-2-9(10(14)5-8)11-7(6-16)3-4-15-12(11)17/h1-6H,(H,15,17). The average Bonchev–Trinajstić information content (AvgIpc) is 2.30. The summed E-state index contributed by atoms with van der Waals surface area (Å²) in [5, 5.41) is 0.802. The number of benzene rings is 1. The van der Waals surface area contributed by atoms with Crippen molar-refractivity contribution < 1.29 is 4.79 Å². The highest BCUT2D eigenvalue weighted by atomic mass is 35.5. The molecule has 0 amide bonds. The summed E-state index contributed by atoms with van der Waals surface area (Å²) >= 11 is 11.8. The minimum Gasteiger partial charge on any atom is -0.329 e. The third-order valence-electron chi connectivity index (χ3n) is 2.32. The molecule has 0 aliphatic heterocycles. The molecule has 0 radical (unpaired) electrons. The number of aromatic nitrogens is 1. The first-order valence-corrected chi connectivity index (χ1v) is 5.51. The maximum atomic E-state index is 11.7. The van der Waals surface area contributed by atoms with Crippen LogP contribution < -0.4 is 5.56 Å². The van der Waals surface area contributed by atoms with Crippen LogP contribution in [-0.2, 0) is 0 Å². The molecule has 0 bridgehead atoms. The van der Waals surface area contributed by atoms with Crippen molar-refractivity contribution in [2.24, 2.45) is 0 Å². The maximum absolute atomic E-state index is 11.7. The Labute approximate surface area is 107 Å². The molecule has 0 saturated carbocycles. The molecule has 86 valence electrons. The van der Waals surface area contributed by atoms with Crippen molar-refractivity contribution in [3.05, 3.63) is 56.4 Å². The molecular weight excluding hydrogens is 261 g/mol. The molecular formula is C12H7Cl2NO2. The van der Waals surface area contributed by atoms with Crippen LogP contribution in [0.2, 0.25) is 10.0 Å². The Balaban J connectivity index is 2.76. The largest absolute Gasteiger partial charge is 0.329 e. The number of halogens is 2. The van der Waals surface area contributed by atoms with Crippen LogP contribution in [0, 0.1) is 0 Å². The summed E-state index contributed by atoms with van der Waals surface area (Å²) in [6, 6.07) is 6.28. The second kappa shape index (κ2) is 4.73. The summed E-state index contributed by atoms with van der Waals surface area (Å²) in [5.74, 6) is 0. The van der Waals surface area contributed by atoms with Crippen molar-refractivity contribution in [3.63, 3.8) is 0 Å². The number of aldehydes is 1. The second-order valence-corrected chi connectivity index (χ2v) is 4.22. The highest BCUT2D eigenvalue weighted by molar-refractivity contribution is 6.36. The van der Waals surface area contributed by atoms with Crippen LogP contribution in [0.5, 0.6) is 0 Å². The van der Waals surface area contributed by atoms with Crippen molar-refractivity contribution in [1.82, 2.24) is 4.98 Å². The Morgan fingerprint density at radius 3 is 2.59 bits per heavy atom. The van der Waals surface area contributed by atoms with Crippen molar-refractivity contribution in [1.29, 1.82) is 0 Å². The summed E-state index contributed by atoms with van der Waals surface area (Å²) in [6.45, 7) is 0. The molecule has 0 fully saturated rings. The number of pyridine rings is 1. The van der Waals surface area contributed by atoms with Crippen LogP contribution in [0.4, 0.5) is 0 Å². The minimum atomic E-state index is -0.362. The van der Waals surface area contributed by atoms with Crippen LogP contribution >= 0.6 is 23.2 Å². The predicted octanol–water partition coefficient (Wildman–Crippen LogP) is 3.16. The van der Waals surface area contributed by atoms with Crippen LogP contribution in [0.3, 0.4) is 0 Å². The summed E-state index contributed by atoms with van der Waals surface area (Å²) in [5.41, 5.74) is 0.668. The summed E-state index contributed by atoms with van der Waals surface area (Å²) < 4.78 is 0. The lowest BCUT2D eigenvalue weighted by Crippen LogP contribution is -2.11. The number of H-pyrrole nitrogens is 1. The Hall–Kier alpha value is -1.58. The molecule has 2 rings (SSSR count). The Morgan fingerprint density at radius 2 is 1.94 bits per heavy atom. The molecule has 1 N–H and O–H groups in total. The molecule has 0 spiro atoms. The van der Waals surface area contributed by atoms with Gasteiger partial charge in [0.05, 0.1) is 10.6 Å². The molecule has 1 aromatic heterocycles. The van der Waals surface area contributed by atoms with Crippen LogP contribution in [0.25, 0.3) is 11.1 Å². The Bertz CT molecular complexity index is 635. The first kappa shape index (κ1) is 11.9. The smallest absolute Gasteiger partial charge is 0.256 e. The van der Waals surface area contributed by atoms with Gasteiger partial charge >= 0.3 is 0 Å². The van der Waals surface area contributed by atoms with E-state index in [9.17, 15) is 9.59 Å². The maximum Gasteiger partial charge on any atom is 0.256 e. The third-order valence-corrected chi connectivity index (χ3v) is 2.87. The number of carbonyl (C=O) groups is 1. The second-order valence-electron chi connectivity index (χ2n) is 3.38. The van der Waals surface area contributed by atoms with Gasteiger partial charge in [-0.2, -0.15) is 0 Å². The van der Waals surface area contributed by atoms with Gasteiger partial charge in [-0.1, -0.05) is 29.3 Å². The zero-order valence-corrected chi connectivity index (χ0v) is 10.0. The van der Waals surface area contributed by atoms with Crippen molar-refractivity contribution >= 4 is 29.5 Å². The fourth-order valence-electron chi connectivity index (χ4n) is 1.56. The Morgan fingerprint density at radius 1 is 1.18 bits per heavy atom. The van der Waals surface area contributed by atoms with Crippen molar-refractivity contribution in [2.45, 2.75) is 0 Å². The minimum absolute atomic E-state index is 0.254. The first-order chi connectivity index (χ1) is 8.13. The lowest BCUT2D eigenvalue weighted by atomic mass is 10.0. The van der Waals surface area contributed by atoms with Gasteiger partial charge in [-0.15, -0.1) is 0 Å². The number of carbonyl (C=O) groups excluding carboxylic acids is 1. The molecule has 3 nitrogen and oxygen atoms in total. The van der Waals surface area contributed by atoms with E-state index in [2.05, 4.69) is 4.98 Å². The van der Waals surface area contributed by atoms with Crippen LogP contribution in [0.1, 0.15) is 10.4 Å². The first-order valence-electron chi connectivity index (χ1n) is 4.76. The van der Waals surface area contributed by atoms with Gasteiger partial charge in [-0.25, -0.2) is 0 Å². The molecule has 0 unspecified atom stereocenters. The van der Waals surface area contributed by atoms with E-state index >= 15 is 0 Å². The molecule has 17 heavy (non-hydrogen) atoms. The third kappa shape index (κ3) is 2.25. The van der Waals surface area contributed by atoms with Crippen molar-refractivity contribution in [2.75, 3.05) is 0 Å². The summed E-state index contributed by atoms with van der Waals surface area (Å²) in [6.07, 6.45) is 2.04. The number of rotatable bonds is 2. The van der Waals surface area contributed by atoms with Gasteiger partial charge in [0.2, 0.25) is 0 Å². The molecule has 0 aliphatic carbocycles. The van der Waals surface area contributed by atoms with E-state index in [0.717, 1.165) is 0 Å². The van der Waals surface area contributed by atoms with Crippen molar-refractivity contribution in [3.8, 4) is 11.1 Å². The highest BCUT2D eigenvalue weighted by Gasteiger charge is 2.12. The van der Waals surface area contributed by atoms with E-state index in [1.54, 1.807) is 12.1 Å². The lowest BCUT2D eigenvalue weighted by molar-refractivity contribution is 0.112. The topological polar surface area (TPSA) is 49.9 Å². The van der Waals surface area contributed by atoms with E-state index in [-0.39, 0.29) is 16.7 Å². The van der Waals surface area contributed by atoms with Gasteiger partial charge in [-0.05, 0) is 18.2 Å². The van der Waals surface area contributed by atoms with Crippen LogP contribution in [0.15, 0.2) is 35.3 Å². The molecule has 5 heteroatoms. The fourth-order valence-corrected chi connectivity index (χ4v) is 2.06. The highest BCUT2D eigenvalue weighted by Crippen LogP contribution is 2.29. The Kier molecular flexibility index (Phi) is 3.31. The quantitative estimate of drug-likeness (QED) is 0.850. The fraction of sp³-hybridized carbons (Fsp3) is 0. The summed E-state index contributed by atoms with van der Waals surface area (Å²) in [4.78, 5) is 25.1. The van der Waals surface area contributed by atoms with E-state index in [1.165, 1.54) is 18.3 Å². The number of nitrogens with one attached hydrogen (secondary N) is 1. The molecule has 2 aromatic rings. The number of aromatic amines is 1. The van der Waals surface area contributed by atoms with Gasteiger partial charge < -0.3 is 4.98 Å². The molecule has 1 heterocycles. The van der Waals surface area contributed by atoms with Gasteiger partial charge in [-0.3, -0.25) is 9.59 Å². The summed E-state index contributed by atoms with van der Waals surface area (Å²) in [7, 11) is 0. The number of hydrogen-bond donors (Lipinski definition) is 1.